The third kappa shape index (κ3) is 7.05. The van der Waals surface area contributed by atoms with Crippen molar-refractivity contribution in [2.75, 3.05) is 6.54 Å². The van der Waals surface area contributed by atoms with Crippen molar-refractivity contribution >= 4 is 38.3 Å². The van der Waals surface area contributed by atoms with Gasteiger partial charge in [-0.2, -0.15) is 22.0 Å². The number of carbonyl (C=O) groups is 3. The lowest BCUT2D eigenvalue weighted by Gasteiger charge is -2.35. The number of nitrogens with zero attached hydrogens (tertiary/aromatic N) is 1. The van der Waals surface area contributed by atoms with E-state index in [-0.39, 0.29) is 0 Å². The normalized spacial score (nSPS) is 14.7. The predicted octanol–water partition coefficient (Wildman–Crippen LogP) is 1.95. The maximum atomic E-state index is 13.8. The lowest BCUT2D eigenvalue weighted by atomic mass is 9.90. The monoisotopic (exact) mass is 533 g/mol. The SMILES string of the molecule is CC(C)(C)OC(=O)C(C)(CN(S(=O)(=O)C(F)(F)F)S(=O)(=O)C(F)(F)C=O)C(=O)OC(C)(C)C. The number of ether oxygens (including phenoxy) is 2. The van der Waals surface area contributed by atoms with Crippen molar-refractivity contribution in [3.8, 4) is 0 Å². The molecule has 0 rings (SSSR count). The first-order chi connectivity index (χ1) is 14.2. The minimum Gasteiger partial charge on any atom is -0.459 e. The number of carbonyl (C=O) groups excluding carboxylic acids is 3. The molecule has 0 atom stereocenters. The Labute approximate surface area is 187 Å². The fourth-order valence-corrected chi connectivity index (χ4v) is 4.93. The summed E-state index contributed by atoms with van der Waals surface area (Å²) in [6.07, 6.45) is -1.61. The molecule has 0 spiro atoms. The molecule has 0 heterocycles. The molecule has 0 aliphatic heterocycles. The van der Waals surface area contributed by atoms with Crippen LogP contribution in [0.15, 0.2) is 0 Å². The molecule has 0 bridgehead atoms. The summed E-state index contributed by atoms with van der Waals surface area (Å²) in [5.41, 5.74) is -12.6. The van der Waals surface area contributed by atoms with E-state index in [0.717, 1.165) is 0 Å². The fourth-order valence-electron chi connectivity index (χ4n) is 1.86. The van der Waals surface area contributed by atoms with Crippen LogP contribution in [0, 0.1) is 5.41 Å². The van der Waals surface area contributed by atoms with Crippen molar-refractivity contribution in [2.24, 2.45) is 5.41 Å². The van der Waals surface area contributed by atoms with E-state index in [0.29, 0.717) is 6.92 Å². The van der Waals surface area contributed by atoms with Crippen LogP contribution in [0.5, 0.6) is 0 Å². The van der Waals surface area contributed by atoms with E-state index in [4.69, 9.17) is 9.47 Å². The Bertz CT molecular complexity index is 963. The first-order valence-electron chi connectivity index (χ1n) is 8.80. The van der Waals surface area contributed by atoms with Gasteiger partial charge < -0.3 is 9.47 Å². The molecule has 0 unspecified atom stereocenters. The highest BCUT2D eigenvalue weighted by molar-refractivity contribution is 8.05. The van der Waals surface area contributed by atoms with Crippen LogP contribution in [0.25, 0.3) is 0 Å². The van der Waals surface area contributed by atoms with Crippen LogP contribution in [0.1, 0.15) is 48.5 Å². The van der Waals surface area contributed by atoms with Gasteiger partial charge in [-0.3, -0.25) is 14.4 Å². The Kier molecular flexibility index (Phi) is 8.54. The van der Waals surface area contributed by atoms with Crippen LogP contribution in [0.4, 0.5) is 22.0 Å². The van der Waals surface area contributed by atoms with Gasteiger partial charge in [-0.15, -0.1) is 0 Å². The van der Waals surface area contributed by atoms with E-state index >= 15 is 0 Å². The van der Waals surface area contributed by atoms with Gasteiger partial charge in [-0.1, -0.05) is 3.71 Å². The Balaban J connectivity index is 7.14. The molecule has 33 heavy (non-hydrogen) atoms. The molecular weight excluding hydrogens is 509 g/mol. The molecular formula is C16H24F5NO9S2. The average molecular weight is 533 g/mol. The minimum absolute atomic E-state index is 0.447. The van der Waals surface area contributed by atoms with Crippen molar-refractivity contribution < 1.29 is 62.6 Å². The zero-order valence-corrected chi connectivity index (χ0v) is 20.2. The molecule has 0 aliphatic rings. The van der Waals surface area contributed by atoms with Crippen molar-refractivity contribution in [1.29, 1.82) is 0 Å². The zero-order chi connectivity index (χ0) is 27.1. The van der Waals surface area contributed by atoms with Crippen LogP contribution >= 0.6 is 0 Å². The average Bonchev–Trinajstić information content (AvgIpc) is 2.54. The molecule has 10 nitrogen and oxygen atoms in total. The second-order valence-electron chi connectivity index (χ2n) is 8.90. The number of sulfonamides is 2. The van der Waals surface area contributed by atoms with Crippen LogP contribution in [0.2, 0.25) is 0 Å². The molecule has 17 heteroatoms. The number of aldehydes is 1. The van der Waals surface area contributed by atoms with E-state index in [1.165, 1.54) is 41.5 Å². The molecule has 0 radical (unpaired) electrons. The van der Waals surface area contributed by atoms with Crippen LogP contribution in [0.3, 0.4) is 0 Å². The van der Waals surface area contributed by atoms with Crippen LogP contribution in [-0.2, 0) is 43.9 Å². The molecule has 0 aromatic heterocycles. The van der Waals surface area contributed by atoms with Crippen molar-refractivity contribution in [2.45, 2.75) is 70.4 Å². The standard InChI is InChI=1S/C16H24F5NO9S2/c1-12(2,3)30-10(24)14(7,11(25)31-13(4,5)6)8-22(33(28,29)16(19,20)21)32(26,27)15(17,18)9-23/h9H,8H2,1-7H3. The van der Waals surface area contributed by atoms with Gasteiger partial charge in [0.15, 0.2) is 5.41 Å². The number of hydrogen-bond acceptors (Lipinski definition) is 9. The van der Waals surface area contributed by atoms with E-state index in [1.807, 2.05) is 0 Å². The first-order valence-corrected chi connectivity index (χ1v) is 11.7. The second kappa shape index (κ2) is 9.05. The smallest absolute Gasteiger partial charge is 0.459 e. The topological polar surface area (TPSA) is 141 Å². The molecule has 0 aliphatic carbocycles. The van der Waals surface area contributed by atoms with E-state index in [9.17, 15) is 53.2 Å². The number of hydrogen-bond donors (Lipinski definition) is 0. The number of esters is 2. The van der Waals surface area contributed by atoms with Crippen molar-refractivity contribution in [3.63, 3.8) is 0 Å². The Morgan fingerprint density at radius 3 is 1.33 bits per heavy atom. The van der Waals surface area contributed by atoms with Gasteiger partial charge in [0.2, 0.25) is 6.29 Å². The maximum Gasteiger partial charge on any atom is 0.512 e. The van der Waals surface area contributed by atoms with Gasteiger partial charge in [0, 0.05) is 0 Å². The summed E-state index contributed by atoms with van der Waals surface area (Å²) < 4.78 is 123. The van der Waals surface area contributed by atoms with Gasteiger partial charge in [0.05, 0.1) is 6.54 Å². The molecule has 194 valence electrons. The Morgan fingerprint density at radius 2 is 1.09 bits per heavy atom. The van der Waals surface area contributed by atoms with E-state index < -0.39 is 75.9 Å². The quantitative estimate of drug-likeness (QED) is 0.198. The van der Waals surface area contributed by atoms with E-state index in [2.05, 4.69) is 0 Å². The molecule has 0 saturated carbocycles. The van der Waals surface area contributed by atoms with Gasteiger partial charge in [-0.05, 0) is 48.5 Å². The van der Waals surface area contributed by atoms with Gasteiger partial charge in [-0.25, -0.2) is 16.8 Å². The second-order valence-corrected chi connectivity index (χ2v) is 12.9. The highest BCUT2D eigenvalue weighted by Crippen LogP contribution is 2.38. The third-order valence-corrected chi connectivity index (χ3v) is 7.33. The molecule has 0 aromatic rings. The summed E-state index contributed by atoms with van der Waals surface area (Å²) >= 11 is 0. The van der Waals surface area contributed by atoms with Gasteiger partial charge in [0.25, 0.3) is 0 Å². The van der Waals surface area contributed by atoms with Crippen LogP contribution < -0.4 is 0 Å². The number of rotatable bonds is 8. The Hall–Kier alpha value is -1.88. The highest BCUT2D eigenvalue weighted by atomic mass is 32.3. The summed E-state index contributed by atoms with van der Waals surface area (Å²) in [5.74, 6) is -3.56. The van der Waals surface area contributed by atoms with Crippen molar-refractivity contribution in [3.05, 3.63) is 0 Å². The fraction of sp³-hybridized carbons (Fsp3) is 0.812. The summed E-state index contributed by atoms with van der Waals surface area (Å²) in [7, 11) is -14.2. The maximum absolute atomic E-state index is 13.8. The molecule has 0 saturated heterocycles. The summed E-state index contributed by atoms with van der Waals surface area (Å²) in [6.45, 7) is 5.53. The highest BCUT2D eigenvalue weighted by Gasteiger charge is 2.64. The summed E-state index contributed by atoms with van der Waals surface area (Å²) in [4.78, 5) is 35.9. The lowest BCUT2D eigenvalue weighted by molar-refractivity contribution is -0.184. The van der Waals surface area contributed by atoms with Crippen molar-refractivity contribution in [1.82, 2.24) is 3.71 Å². The molecule has 0 N–H and O–H groups in total. The molecule has 0 fully saturated rings. The largest absolute Gasteiger partial charge is 0.512 e. The predicted molar refractivity (Wildman–Crippen MR) is 101 cm³/mol. The summed E-state index contributed by atoms with van der Waals surface area (Å²) in [5, 5.41) is -5.67. The minimum atomic E-state index is -7.19. The van der Waals surface area contributed by atoms with Crippen LogP contribution in [-0.4, -0.2) is 67.3 Å². The van der Waals surface area contributed by atoms with Gasteiger partial charge in [0.1, 0.15) is 11.2 Å². The lowest BCUT2D eigenvalue weighted by Crippen LogP contribution is -2.58. The number of halogens is 5. The van der Waals surface area contributed by atoms with Gasteiger partial charge >= 0.3 is 42.7 Å². The molecule has 0 amide bonds. The number of alkyl halides is 5. The molecule has 0 aromatic carbocycles. The third-order valence-electron chi connectivity index (χ3n) is 3.45. The van der Waals surface area contributed by atoms with E-state index in [1.54, 1.807) is 0 Å². The Morgan fingerprint density at radius 1 is 0.758 bits per heavy atom. The zero-order valence-electron chi connectivity index (χ0n) is 18.6. The summed E-state index contributed by atoms with van der Waals surface area (Å²) in [6, 6.07) is 0. The first kappa shape index (κ1) is 31.1.